The largest absolute Gasteiger partial charge is 0.342 e. The summed E-state index contributed by atoms with van der Waals surface area (Å²) in [5, 5.41) is 19.4. The summed E-state index contributed by atoms with van der Waals surface area (Å²) in [6.45, 7) is 4.64. The summed E-state index contributed by atoms with van der Waals surface area (Å²) in [5.74, 6) is 2.66. The standard InChI is InChI=1S/C25H25N9/c1-3-25-10-6-13-33(25)21-19(34(16(2)26)23(25)27)15-30-24(31-21)32-14-12-29-22(32)20-18-8-5-4-7-17(18)9-11-28-20/h4-5,7-9,11-12,14-15,26-27H,3,6,10,13H2,1-2H3. The van der Waals surface area contributed by atoms with E-state index in [9.17, 15) is 0 Å². The predicted molar refractivity (Wildman–Crippen MR) is 133 cm³/mol. The first kappa shape index (κ1) is 20.5. The van der Waals surface area contributed by atoms with Crippen LogP contribution in [0.15, 0.2) is 55.1 Å². The van der Waals surface area contributed by atoms with Crippen LogP contribution in [-0.4, -0.2) is 48.3 Å². The van der Waals surface area contributed by atoms with Crippen molar-refractivity contribution in [3.63, 3.8) is 0 Å². The maximum Gasteiger partial charge on any atom is 0.237 e. The molecule has 1 aromatic carbocycles. The lowest BCUT2D eigenvalue weighted by atomic mass is 9.88. The van der Waals surface area contributed by atoms with E-state index in [1.807, 2.05) is 35.0 Å². The predicted octanol–water partition coefficient (Wildman–Crippen LogP) is 4.42. The van der Waals surface area contributed by atoms with Crippen LogP contribution in [0.5, 0.6) is 0 Å². The molecule has 0 saturated carbocycles. The van der Waals surface area contributed by atoms with E-state index in [1.54, 1.807) is 30.4 Å². The minimum atomic E-state index is -0.449. The van der Waals surface area contributed by atoms with Crippen LogP contribution < -0.4 is 9.80 Å². The number of fused-ring (bicyclic) bond motifs is 4. The van der Waals surface area contributed by atoms with E-state index in [0.717, 1.165) is 48.1 Å². The normalized spacial score (nSPS) is 19.4. The van der Waals surface area contributed by atoms with Crippen molar-refractivity contribution in [2.24, 2.45) is 0 Å². The molecule has 34 heavy (non-hydrogen) atoms. The Labute approximate surface area is 197 Å². The van der Waals surface area contributed by atoms with Crippen molar-refractivity contribution in [3.05, 3.63) is 55.1 Å². The zero-order valence-corrected chi connectivity index (χ0v) is 19.2. The Kier molecular flexibility index (Phi) is 4.48. The molecule has 2 aliphatic heterocycles. The molecule has 0 amide bonds. The van der Waals surface area contributed by atoms with E-state index in [4.69, 9.17) is 15.8 Å². The van der Waals surface area contributed by atoms with Gasteiger partial charge in [0.25, 0.3) is 0 Å². The van der Waals surface area contributed by atoms with Crippen molar-refractivity contribution in [2.75, 3.05) is 16.3 Å². The van der Waals surface area contributed by atoms with Gasteiger partial charge in [-0.3, -0.25) is 25.3 Å². The fourth-order valence-corrected chi connectivity index (χ4v) is 5.41. The second-order valence-corrected chi connectivity index (χ2v) is 8.79. The maximum absolute atomic E-state index is 8.96. The van der Waals surface area contributed by atoms with Gasteiger partial charge in [0, 0.05) is 30.5 Å². The molecule has 1 unspecified atom stereocenters. The van der Waals surface area contributed by atoms with Gasteiger partial charge in [0.05, 0.1) is 11.7 Å². The number of anilines is 2. The highest BCUT2D eigenvalue weighted by Crippen LogP contribution is 2.46. The Morgan fingerprint density at radius 3 is 2.79 bits per heavy atom. The zero-order valence-electron chi connectivity index (χ0n) is 19.2. The number of amidine groups is 2. The molecule has 2 aliphatic rings. The van der Waals surface area contributed by atoms with Crippen LogP contribution in [0.4, 0.5) is 11.5 Å². The topological polar surface area (TPSA) is 111 Å². The smallest absolute Gasteiger partial charge is 0.237 e. The van der Waals surface area contributed by atoms with Crippen LogP contribution in [-0.2, 0) is 0 Å². The minimum Gasteiger partial charge on any atom is -0.342 e. The minimum absolute atomic E-state index is 0.297. The van der Waals surface area contributed by atoms with E-state index in [1.165, 1.54) is 0 Å². The van der Waals surface area contributed by atoms with Crippen LogP contribution in [0.3, 0.4) is 0 Å². The van der Waals surface area contributed by atoms with Crippen molar-refractivity contribution in [2.45, 2.75) is 38.6 Å². The van der Waals surface area contributed by atoms with Gasteiger partial charge in [-0.15, -0.1) is 0 Å². The van der Waals surface area contributed by atoms with E-state index in [0.29, 0.717) is 29.1 Å². The summed E-state index contributed by atoms with van der Waals surface area (Å²) >= 11 is 0. The third-order valence-electron chi connectivity index (χ3n) is 7.05. The molecule has 1 saturated heterocycles. The quantitative estimate of drug-likeness (QED) is 0.352. The molecule has 1 atom stereocenters. The highest BCUT2D eigenvalue weighted by Gasteiger charge is 2.51. The molecule has 3 aromatic heterocycles. The lowest BCUT2D eigenvalue weighted by Crippen LogP contribution is -2.61. The number of rotatable bonds is 3. The molecule has 6 rings (SSSR count). The molecule has 1 fully saturated rings. The van der Waals surface area contributed by atoms with Gasteiger partial charge in [0.2, 0.25) is 5.95 Å². The van der Waals surface area contributed by atoms with Crippen molar-refractivity contribution >= 4 is 33.9 Å². The summed E-state index contributed by atoms with van der Waals surface area (Å²) in [6, 6.07) is 10.1. The van der Waals surface area contributed by atoms with E-state index in [2.05, 4.69) is 32.8 Å². The number of aromatic nitrogens is 5. The third-order valence-corrected chi connectivity index (χ3v) is 7.05. The van der Waals surface area contributed by atoms with Crippen LogP contribution in [0, 0.1) is 10.8 Å². The highest BCUT2D eigenvalue weighted by molar-refractivity contribution is 6.23. The van der Waals surface area contributed by atoms with Crippen molar-refractivity contribution in [1.29, 1.82) is 10.8 Å². The Hall–Kier alpha value is -4.14. The van der Waals surface area contributed by atoms with Crippen molar-refractivity contribution in [3.8, 4) is 17.5 Å². The fraction of sp³-hybridized carbons (Fsp3) is 0.280. The Morgan fingerprint density at radius 1 is 1.12 bits per heavy atom. The Balaban J connectivity index is 1.53. The lowest BCUT2D eigenvalue weighted by molar-refractivity contribution is 0.525. The van der Waals surface area contributed by atoms with Crippen LogP contribution >= 0.6 is 0 Å². The molecule has 0 aliphatic carbocycles. The second-order valence-electron chi connectivity index (χ2n) is 8.79. The van der Waals surface area contributed by atoms with Crippen molar-refractivity contribution in [1.82, 2.24) is 24.5 Å². The van der Waals surface area contributed by atoms with Gasteiger partial charge >= 0.3 is 0 Å². The molecule has 5 heterocycles. The zero-order chi connectivity index (χ0) is 23.4. The summed E-state index contributed by atoms with van der Waals surface area (Å²) in [6.07, 6.45) is 9.74. The van der Waals surface area contributed by atoms with Gasteiger partial charge in [-0.25, -0.2) is 9.97 Å². The molecular formula is C25H25N9. The number of pyridine rings is 1. The van der Waals surface area contributed by atoms with E-state index >= 15 is 0 Å². The number of imidazole rings is 1. The van der Waals surface area contributed by atoms with Gasteiger partial charge in [-0.1, -0.05) is 31.2 Å². The van der Waals surface area contributed by atoms with Gasteiger partial charge < -0.3 is 4.90 Å². The third kappa shape index (κ3) is 2.73. The van der Waals surface area contributed by atoms with Crippen molar-refractivity contribution < 1.29 is 0 Å². The molecule has 0 radical (unpaired) electrons. The number of hydrogen-bond acceptors (Lipinski definition) is 7. The molecule has 9 heteroatoms. The van der Waals surface area contributed by atoms with Gasteiger partial charge in [-0.05, 0) is 37.6 Å². The number of hydrogen-bond donors (Lipinski definition) is 2. The van der Waals surface area contributed by atoms with Crippen LogP contribution in [0.25, 0.3) is 28.2 Å². The Morgan fingerprint density at radius 2 is 1.97 bits per heavy atom. The molecule has 0 spiro atoms. The average molecular weight is 452 g/mol. The fourth-order valence-electron chi connectivity index (χ4n) is 5.41. The second kappa shape index (κ2) is 7.44. The molecule has 2 N–H and O–H groups in total. The number of nitrogens with zero attached hydrogens (tertiary/aromatic N) is 7. The monoisotopic (exact) mass is 451 g/mol. The van der Waals surface area contributed by atoms with Gasteiger partial charge in [0.1, 0.15) is 23.1 Å². The molecule has 170 valence electrons. The van der Waals surface area contributed by atoms with Gasteiger partial charge in [0.15, 0.2) is 11.6 Å². The maximum atomic E-state index is 8.96. The first-order valence-corrected chi connectivity index (χ1v) is 11.5. The first-order valence-electron chi connectivity index (χ1n) is 11.5. The molecule has 4 aromatic rings. The number of nitrogens with one attached hydrogen (secondary N) is 2. The van der Waals surface area contributed by atoms with Gasteiger partial charge in [-0.2, -0.15) is 4.98 Å². The summed E-state index contributed by atoms with van der Waals surface area (Å²) in [4.78, 5) is 22.8. The van der Waals surface area contributed by atoms with Crippen LogP contribution in [0.2, 0.25) is 0 Å². The van der Waals surface area contributed by atoms with E-state index < -0.39 is 5.54 Å². The molecule has 0 bridgehead atoms. The SMILES string of the molecule is CCC12CCCN1c1nc(-n3ccnc3-c3nccc4ccccc34)ncc1N(C(C)=N)C2=N. The summed E-state index contributed by atoms with van der Waals surface area (Å²) in [7, 11) is 0. The molecular weight excluding hydrogens is 426 g/mol. The first-order chi connectivity index (χ1) is 16.5. The highest BCUT2D eigenvalue weighted by atomic mass is 15.4. The van der Waals surface area contributed by atoms with E-state index in [-0.39, 0.29) is 0 Å². The Bertz CT molecular complexity index is 1450. The summed E-state index contributed by atoms with van der Waals surface area (Å²) in [5.41, 5.74) is 1.00. The lowest BCUT2D eigenvalue weighted by Gasteiger charge is -2.48. The number of benzene rings is 1. The average Bonchev–Trinajstić information content (AvgIpc) is 3.52. The molecule has 9 nitrogen and oxygen atoms in total. The summed E-state index contributed by atoms with van der Waals surface area (Å²) < 4.78 is 1.86. The van der Waals surface area contributed by atoms with Crippen LogP contribution in [0.1, 0.15) is 33.1 Å².